The number of nitrogens with zero attached hydrogens (tertiary/aromatic N) is 2. The molecule has 3 rings (SSSR count). The molecule has 4 N–H and O–H groups in total. The number of H-pyrrole nitrogens is 1. The third-order valence-electron chi connectivity index (χ3n) is 3.77. The van der Waals surface area contributed by atoms with Gasteiger partial charge in [0.25, 0.3) is 0 Å². The molecule has 1 aliphatic heterocycles. The molecule has 0 atom stereocenters. The van der Waals surface area contributed by atoms with Crippen LogP contribution in [0.4, 0.5) is 10.6 Å². The Morgan fingerprint density at radius 2 is 2.26 bits per heavy atom. The lowest BCUT2D eigenvalue weighted by Gasteiger charge is -2.19. The predicted molar refractivity (Wildman–Crippen MR) is 99.8 cm³/mol. The zero-order valence-electron chi connectivity index (χ0n) is 15.8. The van der Waals surface area contributed by atoms with Crippen LogP contribution < -0.4 is 20.5 Å². The summed E-state index contributed by atoms with van der Waals surface area (Å²) in [4.78, 5) is 16.1. The van der Waals surface area contributed by atoms with Crippen molar-refractivity contribution in [1.29, 1.82) is 0 Å². The standard InChI is InChI=1S/C18H25N5O4/c1-18(2,3)27-17(24)20-6-4-7-25-13-10-21-11-5-8-26-16(11)15(13)12-9-14(19)23-22-12/h9-10H,4-8H2,1-3H3,(H,20,24)(H3,19,22,23). The van der Waals surface area contributed by atoms with Crippen molar-refractivity contribution in [3.63, 3.8) is 0 Å². The topological polar surface area (TPSA) is 124 Å². The first kappa shape index (κ1) is 18.8. The van der Waals surface area contributed by atoms with Gasteiger partial charge in [0.05, 0.1) is 36.4 Å². The van der Waals surface area contributed by atoms with Crippen molar-refractivity contribution in [2.24, 2.45) is 0 Å². The molecule has 2 aromatic heterocycles. The summed E-state index contributed by atoms with van der Waals surface area (Å²) >= 11 is 0. The lowest BCUT2D eigenvalue weighted by Crippen LogP contribution is -2.33. The van der Waals surface area contributed by atoms with Gasteiger partial charge in [0.15, 0.2) is 11.5 Å². The number of ether oxygens (including phenoxy) is 3. The Morgan fingerprint density at radius 3 is 2.96 bits per heavy atom. The van der Waals surface area contributed by atoms with E-state index in [9.17, 15) is 4.79 Å². The zero-order chi connectivity index (χ0) is 19.4. The zero-order valence-corrected chi connectivity index (χ0v) is 15.8. The molecule has 0 aromatic carbocycles. The normalized spacial score (nSPS) is 13.0. The van der Waals surface area contributed by atoms with Crippen LogP contribution in [0.1, 0.15) is 32.9 Å². The second-order valence-electron chi connectivity index (χ2n) is 7.21. The molecule has 0 fully saturated rings. The average molecular weight is 375 g/mol. The Labute approximate surface area is 157 Å². The van der Waals surface area contributed by atoms with Crippen molar-refractivity contribution in [2.75, 3.05) is 25.5 Å². The molecular formula is C18H25N5O4. The van der Waals surface area contributed by atoms with Crippen LogP contribution in [0.15, 0.2) is 12.3 Å². The summed E-state index contributed by atoms with van der Waals surface area (Å²) in [6.07, 6.45) is 2.61. The van der Waals surface area contributed by atoms with Crippen LogP contribution >= 0.6 is 0 Å². The van der Waals surface area contributed by atoms with E-state index in [1.165, 1.54) is 0 Å². The summed E-state index contributed by atoms with van der Waals surface area (Å²) < 4.78 is 16.8. The van der Waals surface area contributed by atoms with Crippen LogP contribution in [0.3, 0.4) is 0 Å². The van der Waals surface area contributed by atoms with E-state index in [-0.39, 0.29) is 0 Å². The van der Waals surface area contributed by atoms with Crippen molar-refractivity contribution in [1.82, 2.24) is 20.5 Å². The lowest BCUT2D eigenvalue weighted by atomic mass is 10.1. The molecule has 0 radical (unpaired) electrons. The number of nitrogens with two attached hydrogens (primary N) is 1. The maximum absolute atomic E-state index is 11.6. The van der Waals surface area contributed by atoms with Gasteiger partial charge in [-0.25, -0.2) is 4.79 Å². The number of pyridine rings is 1. The molecule has 3 heterocycles. The van der Waals surface area contributed by atoms with Gasteiger partial charge < -0.3 is 25.3 Å². The Morgan fingerprint density at radius 1 is 1.44 bits per heavy atom. The fourth-order valence-electron chi connectivity index (χ4n) is 2.69. The smallest absolute Gasteiger partial charge is 0.407 e. The molecule has 0 unspecified atom stereocenters. The quantitative estimate of drug-likeness (QED) is 0.662. The van der Waals surface area contributed by atoms with Gasteiger partial charge >= 0.3 is 6.09 Å². The van der Waals surface area contributed by atoms with Gasteiger partial charge in [-0.3, -0.25) is 10.1 Å². The molecule has 0 saturated carbocycles. The summed E-state index contributed by atoms with van der Waals surface area (Å²) in [7, 11) is 0. The van der Waals surface area contributed by atoms with Gasteiger partial charge in [-0.05, 0) is 27.2 Å². The van der Waals surface area contributed by atoms with Crippen LogP contribution in [0, 0.1) is 0 Å². The third kappa shape index (κ3) is 4.81. The molecule has 1 aliphatic rings. The van der Waals surface area contributed by atoms with E-state index in [1.807, 2.05) is 20.8 Å². The molecule has 9 nitrogen and oxygen atoms in total. The molecule has 27 heavy (non-hydrogen) atoms. The average Bonchev–Trinajstić information content (AvgIpc) is 3.21. The monoisotopic (exact) mass is 375 g/mol. The summed E-state index contributed by atoms with van der Waals surface area (Å²) in [6.45, 7) is 6.89. The van der Waals surface area contributed by atoms with Crippen LogP contribution in [-0.4, -0.2) is 46.6 Å². The van der Waals surface area contributed by atoms with E-state index in [0.717, 1.165) is 23.4 Å². The van der Waals surface area contributed by atoms with Gasteiger partial charge in [-0.15, -0.1) is 0 Å². The summed E-state index contributed by atoms with van der Waals surface area (Å²) in [5, 5.41) is 9.57. The van der Waals surface area contributed by atoms with Gasteiger partial charge in [0.2, 0.25) is 0 Å². The Hall–Kier alpha value is -2.97. The van der Waals surface area contributed by atoms with Crippen molar-refractivity contribution >= 4 is 11.9 Å². The number of carbonyl (C=O) groups excluding carboxylic acids is 1. The van der Waals surface area contributed by atoms with E-state index in [0.29, 0.717) is 43.5 Å². The number of hydrogen-bond acceptors (Lipinski definition) is 7. The highest BCUT2D eigenvalue weighted by atomic mass is 16.6. The number of nitrogens with one attached hydrogen (secondary N) is 2. The van der Waals surface area contributed by atoms with E-state index in [1.54, 1.807) is 12.3 Å². The lowest BCUT2D eigenvalue weighted by molar-refractivity contribution is 0.0525. The van der Waals surface area contributed by atoms with Crippen molar-refractivity contribution in [3.8, 4) is 22.8 Å². The van der Waals surface area contributed by atoms with Crippen LogP contribution in [-0.2, 0) is 11.2 Å². The number of aromatic nitrogens is 3. The predicted octanol–water partition coefficient (Wildman–Crippen LogP) is 2.28. The minimum atomic E-state index is -0.516. The first-order chi connectivity index (χ1) is 12.8. The molecule has 0 aliphatic carbocycles. The number of anilines is 1. The minimum Gasteiger partial charge on any atom is -0.491 e. The highest BCUT2D eigenvalue weighted by Gasteiger charge is 2.24. The summed E-state index contributed by atoms with van der Waals surface area (Å²) in [5.41, 5.74) is 7.58. The number of nitrogen functional groups attached to an aromatic ring is 1. The maximum atomic E-state index is 11.6. The molecule has 0 saturated heterocycles. The number of carbonyl (C=O) groups is 1. The second kappa shape index (κ2) is 7.73. The van der Waals surface area contributed by atoms with Crippen LogP contribution in [0.2, 0.25) is 0 Å². The number of aromatic amines is 1. The number of fused-ring (bicyclic) bond motifs is 1. The SMILES string of the molecule is CC(C)(C)OC(=O)NCCCOc1cnc2c(c1-c1cc(N)n[nH]1)OCC2. The van der Waals surface area contributed by atoms with Crippen molar-refractivity contribution in [2.45, 2.75) is 39.2 Å². The molecule has 1 amide bonds. The van der Waals surface area contributed by atoms with Gasteiger partial charge in [0, 0.05) is 19.0 Å². The number of rotatable bonds is 6. The van der Waals surface area contributed by atoms with Crippen LogP contribution in [0.25, 0.3) is 11.3 Å². The molecule has 146 valence electrons. The fraction of sp³-hybridized carbons (Fsp3) is 0.500. The van der Waals surface area contributed by atoms with Crippen molar-refractivity contribution in [3.05, 3.63) is 18.0 Å². The minimum absolute atomic E-state index is 0.390. The second-order valence-corrected chi connectivity index (χ2v) is 7.21. The first-order valence-electron chi connectivity index (χ1n) is 8.89. The fourth-order valence-corrected chi connectivity index (χ4v) is 2.69. The van der Waals surface area contributed by atoms with Gasteiger partial charge in [-0.1, -0.05) is 0 Å². The third-order valence-corrected chi connectivity index (χ3v) is 3.77. The highest BCUT2D eigenvalue weighted by Crippen LogP contribution is 2.41. The maximum Gasteiger partial charge on any atom is 0.407 e. The van der Waals surface area contributed by atoms with E-state index in [2.05, 4.69) is 20.5 Å². The van der Waals surface area contributed by atoms with Crippen LogP contribution in [0.5, 0.6) is 11.5 Å². The molecule has 0 spiro atoms. The largest absolute Gasteiger partial charge is 0.491 e. The molecule has 9 heteroatoms. The van der Waals surface area contributed by atoms with Gasteiger partial charge in [-0.2, -0.15) is 5.10 Å². The summed E-state index contributed by atoms with van der Waals surface area (Å²) in [6, 6.07) is 1.73. The highest BCUT2D eigenvalue weighted by molar-refractivity contribution is 5.76. The van der Waals surface area contributed by atoms with Crippen molar-refractivity contribution < 1.29 is 19.0 Å². The Bertz CT molecular complexity index is 813. The van der Waals surface area contributed by atoms with E-state index < -0.39 is 11.7 Å². The number of hydrogen-bond donors (Lipinski definition) is 3. The Balaban J connectivity index is 1.60. The van der Waals surface area contributed by atoms with E-state index in [4.69, 9.17) is 19.9 Å². The molecule has 0 bridgehead atoms. The van der Waals surface area contributed by atoms with E-state index >= 15 is 0 Å². The molecular weight excluding hydrogens is 350 g/mol. The van der Waals surface area contributed by atoms with Gasteiger partial charge in [0.1, 0.15) is 11.4 Å². The first-order valence-corrected chi connectivity index (χ1v) is 8.89. The Kier molecular flexibility index (Phi) is 5.38. The molecule has 2 aromatic rings. The number of amides is 1. The summed E-state index contributed by atoms with van der Waals surface area (Å²) in [5.74, 6) is 1.67. The number of alkyl carbamates (subject to hydrolysis) is 1.